The third kappa shape index (κ3) is 5.29. The van der Waals surface area contributed by atoms with E-state index in [9.17, 15) is 14.4 Å². The van der Waals surface area contributed by atoms with Gasteiger partial charge in [0.1, 0.15) is 5.78 Å². The molecular formula is C11H17NO4. The first-order valence-electron chi connectivity index (χ1n) is 5.09. The summed E-state index contributed by atoms with van der Waals surface area (Å²) in [7, 11) is 0. The minimum atomic E-state index is -1.14. The number of nitrogens with one attached hydrogen (secondary N) is 1. The van der Waals surface area contributed by atoms with E-state index in [0.29, 0.717) is 6.42 Å². The van der Waals surface area contributed by atoms with E-state index < -0.39 is 17.9 Å². The van der Waals surface area contributed by atoms with Crippen molar-refractivity contribution in [3.8, 4) is 0 Å². The molecule has 5 heteroatoms. The smallest absolute Gasteiger partial charge is 0.333 e. The van der Waals surface area contributed by atoms with Crippen molar-refractivity contribution in [2.24, 2.45) is 0 Å². The fraction of sp³-hybridized carbons (Fsp3) is 0.545. The molecule has 0 aliphatic rings. The van der Waals surface area contributed by atoms with Crippen LogP contribution in [0.1, 0.15) is 33.1 Å². The van der Waals surface area contributed by atoms with Crippen LogP contribution in [0.25, 0.3) is 0 Å². The van der Waals surface area contributed by atoms with Gasteiger partial charge in [0.25, 0.3) is 0 Å². The minimum absolute atomic E-state index is 0.0567. The Morgan fingerprint density at radius 3 is 2.31 bits per heavy atom. The number of amides is 1. The van der Waals surface area contributed by atoms with Crippen molar-refractivity contribution < 1.29 is 19.5 Å². The Bertz CT molecular complexity index is 309. The van der Waals surface area contributed by atoms with Gasteiger partial charge in [-0.3, -0.25) is 9.59 Å². The third-order valence-corrected chi connectivity index (χ3v) is 2.02. The molecule has 5 nitrogen and oxygen atoms in total. The molecule has 0 aromatic carbocycles. The van der Waals surface area contributed by atoms with E-state index in [0.717, 1.165) is 6.42 Å². The number of ketones is 1. The van der Waals surface area contributed by atoms with Gasteiger partial charge in [-0.2, -0.15) is 0 Å². The number of rotatable bonds is 7. The van der Waals surface area contributed by atoms with Crippen LogP contribution in [0.15, 0.2) is 12.2 Å². The Morgan fingerprint density at radius 1 is 1.38 bits per heavy atom. The molecule has 0 bridgehead atoms. The lowest BCUT2D eigenvalue weighted by atomic mass is 10.0. The molecule has 0 radical (unpaired) electrons. The lowest BCUT2D eigenvalue weighted by Crippen LogP contribution is -2.38. The number of carboxylic acids is 1. The highest BCUT2D eigenvalue weighted by Gasteiger charge is 2.20. The van der Waals surface area contributed by atoms with E-state index in [-0.39, 0.29) is 17.8 Å². The van der Waals surface area contributed by atoms with Crippen LogP contribution in [0.4, 0.5) is 0 Å². The molecule has 0 aliphatic heterocycles. The molecular weight excluding hydrogens is 210 g/mol. The highest BCUT2D eigenvalue weighted by molar-refractivity contribution is 5.97. The molecule has 1 amide bonds. The van der Waals surface area contributed by atoms with Crippen LogP contribution in [-0.4, -0.2) is 28.8 Å². The first-order chi connectivity index (χ1) is 7.38. The molecule has 0 fully saturated rings. The largest absolute Gasteiger partial charge is 0.478 e. The topological polar surface area (TPSA) is 83.5 Å². The molecule has 1 atom stereocenters. The van der Waals surface area contributed by atoms with Gasteiger partial charge < -0.3 is 10.4 Å². The Morgan fingerprint density at radius 2 is 1.94 bits per heavy atom. The van der Waals surface area contributed by atoms with E-state index >= 15 is 0 Å². The van der Waals surface area contributed by atoms with Gasteiger partial charge in [-0.05, 0) is 13.3 Å². The normalized spacial score (nSPS) is 11.6. The quantitative estimate of drug-likeness (QED) is 0.499. The highest BCUT2D eigenvalue weighted by Crippen LogP contribution is 2.07. The third-order valence-electron chi connectivity index (χ3n) is 2.02. The molecule has 0 spiro atoms. The van der Waals surface area contributed by atoms with Gasteiger partial charge in [-0.1, -0.05) is 19.9 Å². The van der Waals surface area contributed by atoms with Crippen LogP contribution in [0.3, 0.4) is 0 Å². The van der Waals surface area contributed by atoms with Crippen molar-refractivity contribution in [1.82, 2.24) is 5.32 Å². The van der Waals surface area contributed by atoms with Crippen molar-refractivity contribution >= 4 is 17.7 Å². The SMILES string of the molecule is C=C(C(=O)O)C(CCC)NC(=O)CC(C)=O. The summed E-state index contributed by atoms with van der Waals surface area (Å²) in [5.74, 6) is -1.86. The van der Waals surface area contributed by atoms with Crippen molar-refractivity contribution in [2.45, 2.75) is 39.2 Å². The van der Waals surface area contributed by atoms with Crippen LogP contribution >= 0.6 is 0 Å². The molecule has 2 N–H and O–H groups in total. The molecule has 90 valence electrons. The van der Waals surface area contributed by atoms with Gasteiger partial charge >= 0.3 is 5.97 Å². The van der Waals surface area contributed by atoms with Crippen LogP contribution in [0.5, 0.6) is 0 Å². The molecule has 0 aromatic heterocycles. The molecule has 0 rings (SSSR count). The summed E-state index contributed by atoms with van der Waals surface area (Å²) < 4.78 is 0. The summed E-state index contributed by atoms with van der Waals surface area (Å²) in [4.78, 5) is 32.7. The van der Waals surface area contributed by atoms with Gasteiger partial charge in [0.05, 0.1) is 18.0 Å². The average Bonchev–Trinajstić information content (AvgIpc) is 2.14. The van der Waals surface area contributed by atoms with Crippen LogP contribution < -0.4 is 5.32 Å². The van der Waals surface area contributed by atoms with E-state index in [1.54, 1.807) is 0 Å². The van der Waals surface area contributed by atoms with Crippen LogP contribution in [-0.2, 0) is 14.4 Å². The molecule has 0 saturated carbocycles. The zero-order chi connectivity index (χ0) is 12.7. The molecule has 0 saturated heterocycles. The molecule has 0 aromatic rings. The maximum Gasteiger partial charge on any atom is 0.333 e. The summed E-state index contributed by atoms with van der Waals surface area (Å²) >= 11 is 0. The maximum absolute atomic E-state index is 11.3. The van der Waals surface area contributed by atoms with Gasteiger partial charge in [-0.25, -0.2) is 4.79 Å². The first kappa shape index (κ1) is 14.3. The number of carbonyl (C=O) groups is 3. The Kier molecular flexibility index (Phi) is 6.07. The first-order valence-corrected chi connectivity index (χ1v) is 5.09. The average molecular weight is 227 g/mol. The lowest BCUT2D eigenvalue weighted by Gasteiger charge is -2.17. The van der Waals surface area contributed by atoms with Crippen molar-refractivity contribution in [1.29, 1.82) is 0 Å². The highest BCUT2D eigenvalue weighted by atomic mass is 16.4. The number of hydrogen-bond acceptors (Lipinski definition) is 3. The van der Waals surface area contributed by atoms with E-state index in [1.807, 2.05) is 6.92 Å². The Labute approximate surface area is 94.5 Å². The van der Waals surface area contributed by atoms with Crippen molar-refractivity contribution in [2.75, 3.05) is 0 Å². The predicted molar refractivity (Wildman–Crippen MR) is 58.9 cm³/mol. The van der Waals surface area contributed by atoms with Crippen LogP contribution in [0.2, 0.25) is 0 Å². The Balaban J connectivity index is 4.44. The van der Waals surface area contributed by atoms with E-state index in [4.69, 9.17) is 5.11 Å². The van der Waals surface area contributed by atoms with Crippen molar-refractivity contribution in [3.05, 3.63) is 12.2 Å². The van der Waals surface area contributed by atoms with E-state index in [1.165, 1.54) is 6.92 Å². The molecule has 0 heterocycles. The van der Waals surface area contributed by atoms with Gasteiger partial charge in [0, 0.05) is 0 Å². The number of hydrogen-bond donors (Lipinski definition) is 2. The van der Waals surface area contributed by atoms with Gasteiger partial charge in [-0.15, -0.1) is 0 Å². The maximum atomic E-state index is 11.3. The minimum Gasteiger partial charge on any atom is -0.478 e. The number of aliphatic carboxylic acids is 1. The monoisotopic (exact) mass is 227 g/mol. The fourth-order valence-corrected chi connectivity index (χ4v) is 1.24. The zero-order valence-electron chi connectivity index (χ0n) is 9.58. The summed E-state index contributed by atoms with van der Waals surface area (Å²) in [6.45, 7) is 6.59. The Hall–Kier alpha value is -1.65. The molecule has 1 unspecified atom stereocenters. The fourth-order valence-electron chi connectivity index (χ4n) is 1.24. The lowest BCUT2D eigenvalue weighted by molar-refractivity contribution is -0.133. The van der Waals surface area contributed by atoms with Crippen LogP contribution in [0, 0.1) is 0 Å². The summed E-state index contributed by atoms with van der Waals surface area (Å²) in [5.41, 5.74) is -0.0567. The number of Topliss-reactive ketones (excluding diaryl/α,β-unsaturated/α-hetero) is 1. The molecule has 16 heavy (non-hydrogen) atoms. The predicted octanol–water partition coefficient (Wildman–Crippen LogP) is 0.891. The van der Waals surface area contributed by atoms with Gasteiger partial charge in [0.2, 0.25) is 5.91 Å². The summed E-state index contributed by atoms with van der Waals surface area (Å²) in [6.07, 6.45) is 0.985. The number of carboxylic acid groups (broad SMARTS) is 1. The van der Waals surface area contributed by atoms with Crippen molar-refractivity contribution in [3.63, 3.8) is 0 Å². The molecule has 0 aliphatic carbocycles. The number of carbonyl (C=O) groups excluding carboxylic acids is 2. The van der Waals surface area contributed by atoms with Gasteiger partial charge in [0.15, 0.2) is 0 Å². The second-order valence-electron chi connectivity index (χ2n) is 3.62. The standard InChI is InChI=1S/C11H17NO4/c1-4-5-9(8(3)11(15)16)12-10(14)6-7(2)13/h9H,3-6H2,1-2H3,(H,12,14)(H,15,16). The zero-order valence-corrected chi connectivity index (χ0v) is 9.58. The second kappa shape index (κ2) is 6.76. The van der Waals surface area contributed by atoms with E-state index in [2.05, 4.69) is 11.9 Å². The summed E-state index contributed by atoms with van der Waals surface area (Å²) in [6, 6.07) is -0.602. The summed E-state index contributed by atoms with van der Waals surface area (Å²) in [5, 5.41) is 11.2. The second-order valence-corrected chi connectivity index (χ2v) is 3.62.